The third-order valence-corrected chi connectivity index (χ3v) is 5.84. The molecule has 0 saturated carbocycles. The fraction of sp³-hybridized carbons (Fsp3) is 0.286. The van der Waals surface area contributed by atoms with Crippen molar-refractivity contribution in [1.82, 2.24) is 0 Å². The van der Waals surface area contributed by atoms with Crippen LogP contribution in [0.15, 0.2) is 65.1 Å². The van der Waals surface area contributed by atoms with Crippen LogP contribution in [0.3, 0.4) is 0 Å². The number of hydrogen-bond acceptors (Lipinski definition) is 5. The van der Waals surface area contributed by atoms with Crippen LogP contribution in [0.4, 0.5) is 11.4 Å². The Hall–Kier alpha value is -3.52. The van der Waals surface area contributed by atoms with Crippen LogP contribution in [-0.4, -0.2) is 31.6 Å². The molecule has 7 nitrogen and oxygen atoms in total. The smallest absolute Gasteiger partial charge is 0.262 e. The van der Waals surface area contributed by atoms with Crippen molar-refractivity contribution in [1.29, 1.82) is 0 Å². The second kappa shape index (κ2) is 13.0. The molecule has 0 aliphatic heterocycles. The SMILES string of the molecule is CCOc1cc(NC(=O)c2ccccc2)c(OCC)cc1NC(=O)COc1ccc(C(C)C)cc1Br. The van der Waals surface area contributed by atoms with Gasteiger partial charge in [0.25, 0.3) is 11.8 Å². The monoisotopic (exact) mass is 554 g/mol. The molecule has 190 valence electrons. The highest BCUT2D eigenvalue weighted by Gasteiger charge is 2.17. The Labute approximate surface area is 220 Å². The predicted octanol–water partition coefficient (Wildman–Crippen LogP) is 6.64. The highest BCUT2D eigenvalue weighted by atomic mass is 79.9. The zero-order chi connectivity index (χ0) is 26.1. The van der Waals surface area contributed by atoms with E-state index < -0.39 is 0 Å². The fourth-order valence-electron chi connectivity index (χ4n) is 3.41. The Morgan fingerprint density at radius 1 is 0.806 bits per heavy atom. The molecule has 36 heavy (non-hydrogen) atoms. The first kappa shape index (κ1) is 27.1. The standard InChI is InChI=1S/C28H31BrN2O5/c1-5-34-25-16-23(31-28(33)19-10-8-7-9-11-19)26(35-6-2)15-22(25)30-27(32)17-36-24-13-12-20(18(3)4)14-21(24)29/h7-16,18H,5-6,17H2,1-4H3,(H,30,32)(H,31,33). The minimum atomic E-state index is -0.362. The zero-order valence-corrected chi connectivity index (χ0v) is 22.5. The number of ether oxygens (including phenoxy) is 3. The van der Waals surface area contributed by atoms with Gasteiger partial charge in [0, 0.05) is 17.7 Å². The van der Waals surface area contributed by atoms with Crippen LogP contribution in [0, 0.1) is 0 Å². The maximum absolute atomic E-state index is 12.7. The molecule has 0 unspecified atom stereocenters. The molecule has 0 saturated heterocycles. The van der Waals surface area contributed by atoms with E-state index in [1.165, 1.54) is 5.56 Å². The molecule has 0 bridgehead atoms. The summed E-state index contributed by atoms with van der Waals surface area (Å²) in [6.07, 6.45) is 0. The van der Waals surface area contributed by atoms with Crippen molar-refractivity contribution in [3.63, 3.8) is 0 Å². The van der Waals surface area contributed by atoms with Gasteiger partial charge < -0.3 is 24.8 Å². The maximum atomic E-state index is 12.7. The number of hydrogen-bond donors (Lipinski definition) is 2. The topological polar surface area (TPSA) is 85.9 Å². The minimum absolute atomic E-state index is 0.193. The van der Waals surface area contributed by atoms with Gasteiger partial charge >= 0.3 is 0 Å². The number of amides is 2. The van der Waals surface area contributed by atoms with Crippen molar-refractivity contribution in [3.8, 4) is 17.2 Å². The van der Waals surface area contributed by atoms with E-state index in [4.69, 9.17) is 14.2 Å². The predicted molar refractivity (Wildman–Crippen MR) is 146 cm³/mol. The molecule has 0 heterocycles. The summed E-state index contributed by atoms with van der Waals surface area (Å²) in [7, 11) is 0. The van der Waals surface area contributed by atoms with E-state index in [0.29, 0.717) is 53.3 Å². The van der Waals surface area contributed by atoms with Gasteiger partial charge in [0.05, 0.1) is 29.1 Å². The first-order chi connectivity index (χ1) is 17.3. The van der Waals surface area contributed by atoms with Gasteiger partial charge in [-0.3, -0.25) is 9.59 Å². The molecule has 0 atom stereocenters. The van der Waals surface area contributed by atoms with E-state index >= 15 is 0 Å². The number of rotatable bonds is 11. The van der Waals surface area contributed by atoms with Crippen LogP contribution in [0.5, 0.6) is 17.2 Å². The summed E-state index contributed by atoms with van der Waals surface area (Å²) in [6.45, 7) is 8.45. The summed E-state index contributed by atoms with van der Waals surface area (Å²) in [4.78, 5) is 25.4. The van der Waals surface area contributed by atoms with Crippen molar-refractivity contribution in [3.05, 3.63) is 76.3 Å². The summed E-state index contributed by atoms with van der Waals surface area (Å²) in [6, 6.07) is 18.0. The molecule has 3 rings (SSSR count). The Morgan fingerprint density at radius 3 is 1.97 bits per heavy atom. The lowest BCUT2D eigenvalue weighted by atomic mass is 10.0. The highest BCUT2D eigenvalue weighted by molar-refractivity contribution is 9.10. The van der Waals surface area contributed by atoms with Gasteiger partial charge in [0.15, 0.2) is 6.61 Å². The molecule has 0 fully saturated rings. The molecule has 2 N–H and O–H groups in total. The highest BCUT2D eigenvalue weighted by Crippen LogP contribution is 2.37. The maximum Gasteiger partial charge on any atom is 0.262 e. The number of carbonyl (C=O) groups excluding carboxylic acids is 2. The molecule has 2 amide bonds. The minimum Gasteiger partial charge on any atom is -0.492 e. The Balaban J connectivity index is 1.77. The van der Waals surface area contributed by atoms with E-state index in [1.807, 2.05) is 38.1 Å². The van der Waals surface area contributed by atoms with Crippen LogP contribution < -0.4 is 24.8 Å². The quantitative estimate of drug-likeness (QED) is 0.277. The Kier molecular flexibility index (Phi) is 9.76. The molecule has 0 radical (unpaired) electrons. The first-order valence-corrected chi connectivity index (χ1v) is 12.6. The summed E-state index contributed by atoms with van der Waals surface area (Å²) in [5, 5.41) is 5.70. The molecule has 8 heteroatoms. The van der Waals surface area contributed by atoms with Gasteiger partial charge in [-0.2, -0.15) is 0 Å². The van der Waals surface area contributed by atoms with Crippen molar-refractivity contribution in [2.75, 3.05) is 30.5 Å². The average Bonchev–Trinajstić information content (AvgIpc) is 2.86. The molecular weight excluding hydrogens is 524 g/mol. The summed E-state index contributed by atoms with van der Waals surface area (Å²) < 4.78 is 18.0. The molecule has 3 aromatic carbocycles. The lowest BCUT2D eigenvalue weighted by Gasteiger charge is -2.18. The van der Waals surface area contributed by atoms with E-state index in [-0.39, 0.29) is 18.4 Å². The molecule has 0 aliphatic carbocycles. The van der Waals surface area contributed by atoms with Gasteiger partial charge in [-0.15, -0.1) is 0 Å². The molecule has 0 aliphatic rings. The fourth-order valence-corrected chi connectivity index (χ4v) is 3.92. The van der Waals surface area contributed by atoms with E-state index in [0.717, 1.165) is 4.47 Å². The second-order valence-electron chi connectivity index (χ2n) is 8.21. The third-order valence-electron chi connectivity index (χ3n) is 5.22. The van der Waals surface area contributed by atoms with Crippen molar-refractivity contribution < 1.29 is 23.8 Å². The number of halogens is 1. The van der Waals surface area contributed by atoms with Crippen molar-refractivity contribution >= 4 is 39.1 Å². The number of anilines is 2. The summed E-state index contributed by atoms with van der Waals surface area (Å²) in [5.41, 5.74) is 2.54. The van der Waals surface area contributed by atoms with Crippen LogP contribution in [0.1, 0.15) is 49.5 Å². The van der Waals surface area contributed by atoms with Gasteiger partial charge in [0.1, 0.15) is 17.2 Å². The zero-order valence-electron chi connectivity index (χ0n) is 20.9. The number of nitrogens with one attached hydrogen (secondary N) is 2. The summed E-state index contributed by atoms with van der Waals surface area (Å²) >= 11 is 3.51. The number of carbonyl (C=O) groups is 2. The lowest BCUT2D eigenvalue weighted by Crippen LogP contribution is -2.21. The van der Waals surface area contributed by atoms with Crippen molar-refractivity contribution in [2.45, 2.75) is 33.6 Å². The van der Waals surface area contributed by atoms with E-state index in [9.17, 15) is 9.59 Å². The Morgan fingerprint density at radius 2 is 1.42 bits per heavy atom. The molecule has 3 aromatic rings. The Bertz CT molecular complexity index is 1200. The largest absolute Gasteiger partial charge is 0.492 e. The first-order valence-electron chi connectivity index (χ1n) is 11.8. The van der Waals surface area contributed by atoms with Gasteiger partial charge in [-0.05, 0) is 65.5 Å². The van der Waals surface area contributed by atoms with Crippen LogP contribution in [-0.2, 0) is 4.79 Å². The second-order valence-corrected chi connectivity index (χ2v) is 9.07. The van der Waals surface area contributed by atoms with E-state index in [1.54, 1.807) is 36.4 Å². The van der Waals surface area contributed by atoms with Crippen LogP contribution >= 0.6 is 15.9 Å². The van der Waals surface area contributed by atoms with Crippen LogP contribution in [0.25, 0.3) is 0 Å². The molecular formula is C28H31BrN2O5. The molecule has 0 spiro atoms. The lowest BCUT2D eigenvalue weighted by molar-refractivity contribution is -0.118. The van der Waals surface area contributed by atoms with Gasteiger partial charge in [0.2, 0.25) is 0 Å². The normalized spacial score (nSPS) is 10.6. The van der Waals surface area contributed by atoms with Gasteiger partial charge in [-0.25, -0.2) is 0 Å². The summed E-state index contributed by atoms with van der Waals surface area (Å²) in [5.74, 6) is 1.13. The third kappa shape index (κ3) is 7.24. The van der Waals surface area contributed by atoms with Gasteiger partial charge in [-0.1, -0.05) is 38.1 Å². The van der Waals surface area contributed by atoms with Crippen molar-refractivity contribution in [2.24, 2.45) is 0 Å². The van der Waals surface area contributed by atoms with E-state index in [2.05, 4.69) is 40.4 Å². The number of benzene rings is 3. The molecule has 0 aromatic heterocycles. The van der Waals surface area contributed by atoms with Crippen LogP contribution in [0.2, 0.25) is 0 Å². The average molecular weight is 555 g/mol.